The number of ether oxygens (including phenoxy) is 1. The summed E-state index contributed by atoms with van der Waals surface area (Å²) in [5.74, 6) is 3.50. The van der Waals surface area contributed by atoms with Gasteiger partial charge in [0.2, 0.25) is 5.88 Å². The maximum atomic E-state index is 5.24. The number of hydrogen-bond acceptors (Lipinski definition) is 7. The number of fused-ring (bicyclic) bond motifs is 1. The lowest BCUT2D eigenvalue weighted by atomic mass is 9.96. The van der Waals surface area contributed by atoms with Crippen molar-refractivity contribution in [2.45, 2.75) is 44.1 Å². The highest BCUT2D eigenvalue weighted by Crippen LogP contribution is 2.37. The fourth-order valence-electron chi connectivity index (χ4n) is 3.77. The van der Waals surface area contributed by atoms with Gasteiger partial charge in [0, 0.05) is 30.6 Å². The zero-order valence-corrected chi connectivity index (χ0v) is 15.5. The Labute approximate surface area is 157 Å². The van der Waals surface area contributed by atoms with Gasteiger partial charge in [0.25, 0.3) is 0 Å². The summed E-state index contributed by atoms with van der Waals surface area (Å²) in [6, 6.07) is 5.75. The topological polar surface area (TPSA) is 81.3 Å². The van der Waals surface area contributed by atoms with Gasteiger partial charge in [-0.05, 0) is 50.9 Å². The van der Waals surface area contributed by atoms with Crippen molar-refractivity contribution in [1.82, 2.24) is 34.7 Å². The van der Waals surface area contributed by atoms with Crippen LogP contribution in [0.3, 0.4) is 0 Å². The smallest absolute Gasteiger partial charge is 0.231 e. The van der Waals surface area contributed by atoms with Crippen LogP contribution in [0, 0.1) is 0 Å². The van der Waals surface area contributed by atoms with Gasteiger partial charge in [0.05, 0.1) is 12.8 Å². The zero-order chi connectivity index (χ0) is 18.2. The molecule has 5 rings (SSSR count). The SMILES string of the molecule is COc1ccc2nnc(C3CCN(Cc4ccnc(C5CC5)n4)CC3)n2n1. The van der Waals surface area contributed by atoms with E-state index in [-0.39, 0.29) is 0 Å². The lowest BCUT2D eigenvalue weighted by molar-refractivity contribution is 0.198. The van der Waals surface area contributed by atoms with Crippen LogP contribution < -0.4 is 4.74 Å². The van der Waals surface area contributed by atoms with Crippen molar-refractivity contribution in [3.05, 3.63) is 41.7 Å². The van der Waals surface area contributed by atoms with E-state index in [9.17, 15) is 0 Å². The highest BCUT2D eigenvalue weighted by atomic mass is 16.5. The van der Waals surface area contributed by atoms with Crippen LogP contribution in [0.1, 0.15) is 54.9 Å². The van der Waals surface area contributed by atoms with Crippen LogP contribution in [0.25, 0.3) is 5.65 Å². The van der Waals surface area contributed by atoms with Gasteiger partial charge < -0.3 is 4.74 Å². The summed E-state index contributed by atoms with van der Waals surface area (Å²) >= 11 is 0. The molecule has 8 nitrogen and oxygen atoms in total. The van der Waals surface area contributed by atoms with Gasteiger partial charge in [0.15, 0.2) is 11.5 Å². The molecule has 1 saturated heterocycles. The van der Waals surface area contributed by atoms with E-state index in [1.54, 1.807) is 7.11 Å². The molecule has 0 bridgehead atoms. The van der Waals surface area contributed by atoms with Crippen LogP contribution in [-0.4, -0.2) is 54.9 Å². The lowest BCUT2D eigenvalue weighted by Crippen LogP contribution is -2.33. The van der Waals surface area contributed by atoms with Gasteiger partial charge in [-0.15, -0.1) is 15.3 Å². The van der Waals surface area contributed by atoms with Crippen LogP contribution in [0.5, 0.6) is 5.88 Å². The molecule has 3 aromatic heterocycles. The van der Waals surface area contributed by atoms with Gasteiger partial charge in [-0.1, -0.05) is 0 Å². The molecule has 0 N–H and O–H groups in total. The van der Waals surface area contributed by atoms with Gasteiger partial charge in [-0.2, -0.15) is 4.52 Å². The van der Waals surface area contributed by atoms with Crippen molar-refractivity contribution in [2.24, 2.45) is 0 Å². The van der Waals surface area contributed by atoms with E-state index >= 15 is 0 Å². The normalized spacial score (nSPS) is 18.9. The molecule has 1 saturated carbocycles. The van der Waals surface area contributed by atoms with Crippen molar-refractivity contribution in [1.29, 1.82) is 0 Å². The first-order chi connectivity index (χ1) is 13.3. The summed E-state index contributed by atoms with van der Waals surface area (Å²) < 4.78 is 7.07. The molecule has 2 aliphatic rings. The monoisotopic (exact) mass is 365 g/mol. The Balaban J connectivity index is 1.26. The standard InChI is InChI=1S/C19H23N7O/c1-27-17-5-4-16-22-23-19(26(16)24-17)14-7-10-25(11-8-14)12-15-6-9-20-18(21-15)13-2-3-13/h4-6,9,13-14H,2-3,7-8,10-12H2,1H3. The number of nitrogens with zero attached hydrogens (tertiary/aromatic N) is 7. The van der Waals surface area contributed by atoms with Crippen molar-refractivity contribution in [2.75, 3.05) is 20.2 Å². The van der Waals surface area contributed by atoms with E-state index in [4.69, 9.17) is 9.72 Å². The first-order valence-corrected chi connectivity index (χ1v) is 9.60. The summed E-state index contributed by atoms with van der Waals surface area (Å²) in [4.78, 5) is 11.6. The molecule has 0 unspecified atom stereocenters. The molecule has 1 aliphatic carbocycles. The van der Waals surface area contributed by atoms with Gasteiger partial charge in [-0.25, -0.2) is 9.97 Å². The Morgan fingerprint density at radius 3 is 2.67 bits per heavy atom. The second-order valence-corrected chi connectivity index (χ2v) is 7.43. The van der Waals surface area contributed by atoms with E-state index in [0.717, 1.165) is 55.5 Å². The Morgan fingerprint density at radius 1 is 1.04 bits per heavy atom. The highest BCUT2D eigenvalue weighted by Gasteiger charge is 2.28. The highest BCUT2D eigenvalue weighted by molar-refractivity contribution is 5.38. The molecule has 2 fully saturated rings. The van der Waals surface area contributed by atoms with E-state index in [0.29, 0.717) is 17.7 Å². The number of rotatable bonds is 5. The summed E-state index contributed by atoms with van der Waals surface area (Å²) in [5.41, 5.74) is 1.89. The fourth-order valence-corrected chi connectivity index (χ4v) is 3.77. The fraction of sp³-hybridized carbons (Fsp3) is 0.526. The molecule has 4 heterocycles. The predicted molar refractivity (Wildman–Crippen MR) is 98.6 cm³/mol. The van der Waals surface area contributed by atoms with E-state index in [1.165, 1.54) is 12.8 Å². The maximum absolute atomic E-state index is 5.24. The third kappa shape index (κ3) is 3.37. The molecule has 0 atom stereocenters. The van der Waals surface area contributed by atoms with Crippen LogP contribution in [0.2, 0.25) is 0 Å². The molecule has 3 aromatic rings. The first kappa shape index (κ1) is 16.6. The molecule has 0 radical (unpaired) electrons. The number of methoxy groups -OCH3 is 1. The minimum Gasteiger partial charge on any atom is -0.480 e. The summed E-state index contributed by atoms with van der Waals surface area (Å²) in [5, 5.41) is 13.1. The van der Waals surface area contributed by atoms with Crippen LogP contribution in [0.4, 0.5) is 0 Å². The van der Waals surface area contributed by atoms with Crippen LogP contribution >= 0.6 is 0 Å². The average molecular weight is 365 g/mol. The van der Waals surface area contributed by atoms with E-state index < -0.39 is 0 Å². The lowest BCUT2D eigenvalue weighted by Gasteiger charge is -2.30. The first-order valence-electron chi connectivity index (χ1n) is 9.60. The average Bonchev–Trinajstić information content (AvgIpc) is 3.48. The predicted octanol–water partition coefficient (Wildman–Crippen LogP) is 2.18. The third-order valence-corrected chi connectivity index (χ3v) is 5.48. The molecular formula is C19H23N7O. The molecule has 140 valence electrons. The Kier molecular flexibility index (Phi) is 4.20. The van der Waals surface area contributed by atoms with Crippen molar-refractivity contribution in [3.63, 3.8) is 0 Å². The molecule has 1 aliphatic heterocycles. The second kappa shape index (κ2) is 6.84. The molecule has 27 heavy (non-hydrogen) atoms. The molecule has 8 heteroatoms. The van der Waals surface area contributed by atoms with Crippen LogP contribution in [0.15, 0.2) is 24.4 Å². The second-order valence-electron chi connectivity index (χ2n) is 7.43. The van der Waals surface area contributed by atoms with Crippen LogP contribution in [-0.2, 0) is 6.54 Å². The number of piperidine rings is 1. The van der Waals surface area contributed by atoms with Crippen molar-refractivity contribution >= 4 is 5.65 Å². The van der Waals surface area contributed by atoms with Gasteiger partial charge in [-0.3, -0.25) is 4.90 Å². The van der Waals surface area contributed by atoms with Gasteiger partial charge >= 0.3 is 0 Å². The molecular weight excluding hydrogens is 342 g/mol. The summed E-state index contributed by atoms with van der Waals surface area (Å²) in [7, 11) is 1.62. The minimum absolute atomic E-state index is 0.364. The Bertz CT molecular complexity index is 944. The van der Waals surface area contributed by atoms with Crippen molar-refractivity contribution in [3.8, 4) is 5.88 Å². The molecule has 0 amide bonds. The molecule has 0 spiro atoms. The third-order valence-electron chi connectivity index (χ3n) is 5.48. The summed E-state index contributed by atoms with van der Waals surface area (Å²) in [6.07, 6.45) is 6.46. The number of hydrogen-bond donors (Lipinski definition) is 0. The molecule has 0 aromatic carbocycles. The van der Waals surface area contributed by atoms with E-state index in [2.05, 4.69) is 25.2 Å². The number of likely N-dealkylation sites (tertiary alicyclic amines) is 1. The maximum Gasteiger partial charge on any atom is 0.231 e. The Morgan fingerprint density at radius 2 is 1.89 bits per heavy atom. The summed E-state index contributed by atoms with van der Waals surface area (Å²) in [6.45, 7) is 2.93. The largest absolute Gasteiger partial charge is 0.480 e. The van der Waals surface area contributed by atoms with Gasteiger partial charge in [0.1, 0.15) is 5.82 Å². The quantitative estimate of drug-likeness (QED) is 0.685. The van der Waals surface area contributed by atoms with E-state index in [1.807, 2.05) is 28.9 Å². The number of aromatic nitrogens is 6. The Hall–Kier alpha value is -2.61. The minimum atomic E-state index is 0.364. The van der Waals surface area contributed by atoms with Crippen molar-refractivity contribution < 1.29 is 4.74 Å². The zero-order valence-electron chi connectivity index (χ0n) is 15.5.